The highest BCUT2D eigenvalue weighted by Gasteiger charge is 2.12. The molecule has 0 spiro atoms. The lowest BCUT2D eigenvalue weighted by molar-refractivity contribution is 0.280. The van der Waals surface area contributed by atoms with Gasteiger partial charge in [-0.25, -0.2) is 0 Å². The largest absolute Gasteiger partial charge is 0.392 e. The standard InChI is InChI=1S/C10H14N4O2/c1-6-9(5-15)7(2)14(12-6)4-10-11-8(3)16-13-10/h15H,4-5H2,1-3H3. The molecule has 0 atom stereocenters. The first-order valence-electron chi connectivity index (χ1n) is 5.04. The first kappa shape index (κ1) is 10.8. The fourth-order valence-corrected chi connectivity index (χ4v) is 1.66. The molecule has 0 radical (unpaired) electrons. The van der Waals surface area contributed by atoms with E-state index in [1.165, 1.54) is 0 Å². The van der Waals surface area contributed by atoms with Gasteiger partial charge in [0.15, 0.2) is 5.82 Å². The van der Waals surface area contributed by atoms with E-state index in [9.17, 15) is 5.11 Å². The smallest absolute Gasteiger partial charge is 0.223 e. The molecule has 0 fully saturated rings. The van der Waals surface area contributed by atoms with Gasteiger partial charge in [-0.05, 0) is 13.8 Å². The van der Waals surface area contributed by atoms with Crippen LogP contribution in [0.15, 0.2) is 4.52 Å². The van der Waals surface area contributed by atoms with Crippen LogP contribution in [-0.4, -0.2) is 25.0 Å². The van der Waals surface area contributed by atoms with Crippen molar-refractivity contribution >= 4 is 0 Å². The normalized spacial score (nSPS) is 11.0. The lowest BCUT2D eigenvalue weighted by Crippen LogP contribution is -2.05. The molecule has 2 aromatic rings. The number of aromatic nitrogens is 4. The van der Waals surface area contributed by atoms with E-state index in [0.717, 1.165) is 17.0 Å². The molecular formula is C10H14N4O2. The molecule has 2 heterocycles. The van der Waals surface area contributed by atoms with Crippen molar-refractivity contribution in [3.05, 3.63) is 28.7 Å². The van der Waals surface area contributed by atoms with Gasteiger partial charge in [0.05, 0.1) is 12.3 Å². The summed E-state index contributed by atoms with van der Waals surface area (Å²) in [6, 6.07) is 0. The summed E-state index contributed by atoms with van der Waals surface area (Å²) >= 11 is 0. The molecule has 16 heavy (non-hydrogen) atoms. The zero-order chi connectivity index (χ0) is 11.7. The van der Waals surface area contributed by atoms with Gasteiger partial charge < -0.3 is 9.63 Å². The molecular weight excluding hydrogens is 208 g/mol. The summed E-state index contributed by atoms with van der Waals surface area (Å²) in [7, 11) is 0. The number of hydrogen-bond acceptors (Lipinski definition) is 5. The maximum absolute atomic E-state index is 9.18. The summed E-state index contributed by atoms with van der Waals surface area (Å²) in [5.74, 6) is 1.13. The summed E-state index contributed by atoms with van der Waals surface area (Å²) in [4.78, 5) is 4.11. The van der Waals surface area contributed by atoms with Gasteiger partial charge in [0, 0.05) is 18.2 Å². The Morgan fingerprint density at radius 3 is 2.56 bits per heavy atom. The van der Waals surface area contributed by atoms with E-state index >= 15 is 0 Å². The quantitative estimate of drug-likeness (QED) is 0.828. The number of hydrogen-bond donors (Lipinski definition) is 1. The third-order valence-corrected chi connectivity index (χ3v) is 2.55. The summed E-state index contributed by atoms with van der Waals surface area (Å²) < 4.78 is 6.66. The van der Waals surface area contributed by atoms with E-state index < -0.39 is 0 Å². The van der Waals surface area contributed by atoms with E-state index in [1.54, 1.807) is 11.6 Å². The van der Waals surface area contributed by atoms with Crippen LogP contribution in [0.1, 0.15) is 28.7 Å². The highest BCUT2D eigenvalue weighted by atomic mass is 16.5. The first-order valence-corrected chi connectivity index (χ1v) is 5.04. The van der Waals surface area contributed by atoms with Crippen LogP contribution in [0.25, 0.3) is 0 Å². The fourth-order valence-electron chi connectivity index (χ4n) is 1.66. The van der Waals surface area contributed by atoms with Gasteiger partial charge in [-0.1, -0.05) is 5.16 Å². The highest BCUT2D eigenvalue weighted by Crippen LogP contribution is 2.13. The Kier molecular flexibility index (Phi) is 2.74. The Bertz CT molecular complexity index is 501. The van der Waals surface area contributed by atoms with Crippen LogP contribution in [0.4, 0.5) is 0 Å². The summed E-state index contributed by atoms with van der Waals surface area (Å²) in [6.07, 6.45) is 0. The molecule has 0 saturated carbocycles. The average Bonchev–Trinajstić information content (AvgIpc) is 2.74. The number of aliphatic hydroxyl groups is 1. The minimum Gasteiger partial charge on any atom is -0.392 e. The molecule has 0 bridgehead atoms. The molecule has 6 heteroatoms. The van der Waals surface area contributed by atoms with Crippen molar-refractivity contribution < 1.29 is 9.63 Å². The van der Waals surface area contributed by atoms with E-state index in [1.807, 2.05) is 13.8 Å². The molecule has 2 rings (SSSR count). The third kappa shape index (κ3) is 1.83. The van der Waals surface area contributed by atoms with Gasteiger partial charge in [-0.2, -0.15) is 10.1 Å². The Labute approximate surface area is 92.9 Å². The van der Waals surface area contributed by atoms with E-state index in [-0.39, 0.29) is 6.61 Å². The second kappa shape index (κ2) is 4.05. The van der Waals surface area contributed by atoms with Gasteiger partial charge in [0.2, 0.25) is 5.89 Å². The molecule has 0 aliphatic carbocycles. The molecule has 6 nitrogen and oxygen atoms in total. The number of aliphatic hydroxyl groups excluding tert-OH is 1. The van der Waals surface area contributed by atoms with Crippen molar-refractivity contribution in [1.29, 1.82) is 0 Å². The lowest BCUT2D eigenvalue weighted by atomic mass is 10.2. The maximum atomic E-state index is 9.18. The van der Waals surface area contributed by atoms with Crippen LogP contribution < -0.4 is 0 Å². The van der Waals surface area contributed by atoms with Crippen LogP contribution in [0.2, 0.25) is 0 Å². The SMILES string of the molecule is Cc1nc(Cn2nc(C)c(CO)c2C)no1. The van der Waals surface area contributed by atoms with Crippen molar-refractivity contribution in [2.75, 3.05) is 0 Å². The number of aryl methyl sites for hydroxylation is 2. The molecule has 0 amide bonds. The van der Waals surface area contributed by atoms with Crippen molar-refractivity contribution in [2.45, 2.75) is 33.9 Å². The van der Waals surface area contributed by atoms with Crippen molar-refractivity contribution in [2.24, 2.45) is 0 Å². The van der Waals surface area contributed by atoms with E-state index in [2.05, 4.69) is 15.2 Å². The Hall–Kier alpha value is -1.69. The minimum atomic E-state index is 0.00292. The molecule has 0 aromatic carbocycles. The topological polar surface area (TPSA) is 77.0 Å². The van der Waals surface area contributed by atoms with Crippen LogP contribution in [-0.2, 0) is 13.2 Å². The Morgan fingerprint density at radius 1 is 1.31 bits per heavy atom. The zero-order valence-corrected chi connectivity index (χ0v) is 9.56. The van der Waals surface area contributed by atoms with Crippen molar-refractivity contribution in [3.8, 4) is 0 Å². The average molecular weight is 222 g/mol. The number of rotatable bonds is 3. The van der Waals surface area contributed by atoms with Crippen LogP contribution >= 0.6 is 0 Å². The number of nitrogens with zero attached hydrogens (tertiary/aromatic N) is 4. The Balaban J connectivity index is 2.28. The van der Waals surface area contributed by atoms with Crippen LogP contribution in [0.5, 0.6) is 0 Å². The first-order chi connectivity index (χ1) is 7.61. The monoisotopic (exact) mass is 222 g/mol. The molecule has 86 valence electrons. The summed E-state index contributed by atoms with van der Waals surface area (Å²) in [5.41, 5.74) is 2.63. The van der Waals surface area contributed by atoms with Gasteiger partial charge in [0.25, 0.3) is 0 Å². The lowest BCUT2D eigenvalue weighted by Gasteiger charge is -2.00. The molecule has 0 saturated heterocycles. The molecule has 0 aliphatic heterocycles. The predicted molar refractivity (Wildman–Crippen MR) is 55.8 cm³/mol. The summed E-state index contributed by atoms with van der Waals surface area (Å²) in [5, 5.41) is 17.3. The van der Waals surface area contributed by atoms with Crippen molar-refractivity contribution in [1.82, 2.24) is 19.9 Å². The van der Waals surface area contributed by atoms with Crippen LogP contribution in [0.3, 0.4) is 0 Å². The van der Waals surface area contributed by atoms with E-state index in [0.29, 0.717) is 18.3 Å². The van der Waals surface area contributed by atoms with Crippen LogP contribution in [0, 0.1) is 20.8 Å². The maximum Gasteiger partial charge on any atom is 0.223 e. The van der Waals surface area contributed by atoms with Gasteiger partial charge in [-0.15, -0.1) is 0 Å². The van der Waals surface area contributed by atoms with Crippen molar-refractivity contribution in [3.63, 3.8) is 0 Å². The highest BCUT2D eigenvalue weighted by molar-refractivity contribution is 5.23. The molecule has 0 unspecified atom stereocenters. The van der Waals surface area contributed by atoms with Gasteiger partial charge in [0.1, 0.15) is 6.54 Å². The van der Waals surface area contributed by atoms with Gasteiger partial charge >= 0.3 is 0 Å². The van der Waals surface area contributed by atoms with Gasteiger partial charge in [-0.3, -0.25) is 4.68 Å². The predicted octanol–water partition coefficient (Wildman–Crippen LogP) is 0.732. The fraction of sp³-hybridized carbons (Fsp3) is 0.500. The minimum absolute atomic E-state index is 0.00292. The van der Waals surface area contributed by atoms with E-state index in [4.69, 9.17) is 4.52 Å². The molecule has 0 aliphatic rings. The second-order valence-electron chi connectivity index (χ2n) is 3.69. The second-order valence-corrected chi connectivity index (χ2v) is 3.69. The molecule has 2 aromatic heterocycles. The zero-order valence-electron chi connectivity index (χ0n) is 9.56. The third-order valence-electron chi connectivity index (χ3n) is 2.55. The molecule has 1 N–H and O–H groups in total. The Morgan fingerprint density at radius 2 is 2.06 bits per heavy atom. The summed E-state index contributed by atoms with van der Waals surface area (Å²) in [6.45, 7) is 6.00.